The maximum absolute atomic E-state index is 11.7. The van der Waals surface area contributed by atoms with Gasteiger partial charge < -0.3 is 15.4 Å². The Hall–Kier alpha value is -1.58. The van der Waals surface area contributed by atoms with Crippen LogP contribution in [0.1, 0.15) is 13.8 Å². The van der Waals surface area contributed by atoms with Crippen molar-refractivity contribution in [3.05, 3.63) is 11.8 Å². The smallest absolute Gasteiger partial charge is 0.263 e. The third kappa shape index (κ3) is 6.55. The van der Waals surface area contributed by atoms with E-state index in [0.29, 0.717) is 19.0 Å². The summed E-state index contributed by atoms with van der Waals surface area (Å²) in [7, 11) is 0. The molecule has 1 rings (SSSR count). The van der Waals surface area contributed by atoms with Crippen LogP contribution < -0.4 is 10.6 Å². The van der Waals surface area contributed by atoms with Crippen molar-refractivity contribution in [2.75, 3.05) is 45.9 Å². The predicted molar refractivity (Wildman–Crippen MR) is 76.8 cm³/mol. The van der Waals surface area contributed by atoms with Gasteiger partial charge in [0, 0.05) is 38.9 Å². The minimum absolute atomic E-state index is 0.118. The lowest BCUT2D eigenvalue weighted by Crippen LogP contribution is -2.39. The Morgan fingerprint density at radius 2 is 2.15 bits per heavy atom. The highest BCUT2D eigenvalue weighted by molar-refractivity contribution is 5.97. The normalized spacial score (nSPS) is 16.8. The summed E-state index contributed by atoms with van der Waals surface area (Å²) in [5, 5.41) is 14.7. The molecule has 0 saturated carbocycles. The van der Waals surface area contributed by atoms with Crippen LogP contribution in [-0.2, 0) is 9.53 Å². The standard InChI is InChI=1S/C14H24N4O2/c1-12(2)10-17-14(19)13(9-15)11-16-3-4-18-5-7-20-8-6-18/h11-12,16H,3-8,10H2,1-2H3,(H,17,19)/b13-11-. The zero-order chi connectivity index (χ0) is 14.8. The first-order chi connectivity index (χ1) is 9.63. The fourth-order valence-electron chi connectivity index (χ4n) is 1.76. The number of carbonyl (C=O) groups excluding carboxylic acids is 1. The van der Waals surface area contributed by atoms with Gasteiger partial charge in [-0.1, -0.05) is 13.8 Å². The summed E-state index contributed by atoms with van der Waals surface area (Å²) in [6.45, 7) is 9.61. The number of hydrogen-bond acceptors (Lipinski definition) is 5. The van der Waals surface area contributed by atoms with Gasteiger partial charge in [0.25, 0.3) is 5.91 Å². The average Bonchev–Trinajstić information content (AvgIpc) is 2.46. The molecule has 2 N–H and O–H groups in total. The molecule has 0 aromatic rings. The van der Waals surface area contributed by atoms with Crippen LogP contribution in [0.2, 0.25) is 0 Å². The molecule has 6 heteroatoms. The number of amides is 1. The molecule has 0 bridgehead atoms. The van der Waals surface area contributed by atoms with Crippen LogP contribution in [0.3, 0.4) is 0 Å². The summed E-state index contributed by atoms with van der Waals surface area (Å²) in [6.07, 6.45) is 1.50. The van der Waals surface area contributed by atoms with Gasteiger partial charge in [-0.25, -0.2) is 0 Å². The predicted octanol–water partition coefficient (Wildman–Crippen LogP) is 0.0879. The molecule has 1 saturated heterocycles. The Morgan fingerprint density at radius 3 is 2.75 bits per heavy atom. The van der Waals surface area contributed by atoms with Crippen molar-refractivity contribution in [2.45, 2.75) is 13.8 Å². The molecule has 0 aromatic carbocycles. The molecule has 1 aliphatic rings. The first-order valence-corrected chi connectivity index (χ1v) is 7.05. The zero-order valence-electron chi connectivity index (χ0n) is 12.3. The van der Waals surface area contributed by atoms with Crippen molar-refractivity contribution in [3.63, 3.8) is 0 Å². The van der Waals surface area contributed by atoms with Crippen molar-refractivity contribution in [3.8, 4) is 6.07 Å². The monoisotopic (exact) mass is 280 g/mol. The molecular weight excluding hydrogens is 256 g/mol. The fraction of sp³-hybridized carbons (Fsp3) is 0.714. The maximum atomic E-state index is 11.7. The molecule has 0 aliphatic carbocycles. The van der Waals surface area contributed by atoms with Gasteiger partial charge in [-0.3, -0.25) is 9.69 Å². The molecule has 1 amide bonds. The Bertz CT molecular complexity index is 368. The summed E-state index contributed by atoms with van der Waals surface area (Å²) >= 11 is 0. The minimum Gasteiger partial charge on any atom is -0.388 e. The highest BCUT2D eigenvalue weighted by Gasteiger charge is 2.10. The number of morpholine rings is 1. The molecule has 0 aromatic heterocycles. The van der Waals surface area contributed by atoms with E-state index in [1.165, 1.54) is 6.20 Å². The first-order valence-electron chi connectivity index (χ1n) is 7.05. The number of nitrogens with zero attached hydrogens (tertiary/aromatic N) is 2. The fourth-order valence-corrected chi connectivity index (χ4v) is 1.76. The highest BCUT2D eigenvalue weighted by Crippen LogP contribution is 1.96. The molecule has 0 spiro atoms. The minimum atomic E-state index is -0.319. The third-order valence-electron chi connectivity index (χ3n) is 2.96. The molecule has 1 heterocycles. The van der Waals surface area contributed by atoms with Gasteiger partial charge in [-0.2, -0.15) is 5.26 Å². The quantitative estimate of drug-likeness (QED) is 0.392. The van der Waals surface area contributed by atoms with Crippen molar-refractivity contribution in [1.82, 2.24) is 15.5 Å². The van der Waals surface area contributed by atoms with E-state index in [9.17, 15) is 4.79 Å². The second kappa shape index (κ2) is 9.34. The lowest BCUT2D eigenvalue weighted by molar-refractivity contribution is -0.117. The van der Waals surface area contributed by atoms with Crippen LogP contribution in [0.5, 0.6) is 0 Å². The van der Waals surface area contributed by atoms with Gasteiger partial charge >= 0.3 is 0 Å². The number of hydrogen-bond donors (Lipinski definition) is 2. The molecule has 0 radical (unpaired) electrons. The molecule has 1 fully saturated rings. The van der Waals surface area contributed by atoms with E-state index < -0.39 is 0 Å². The van der Waals surface area contributed by atoms with Gasteiger partial charge in [-0.05, 0) is 5.92 Å². The van der Waals surface area contributed by atoms with Gasteiger partial charge in [0.2, 0.25) is 0 Å². The summed E-state index contributed by atoms with van der Waals surface area (Å²) in [5.41, 5.74) is 0.118. The van der Waals surface area contributed by atoms with Gasteiger partial charge in [0.15, 0.2) is 0 Å². The number of ether oxygens (including phenoxy) is 1. The van der Waals surface area contributed by atoms with Crippen LogP contribution in [0.25, 0.3) is 0 Å². The van der Waals surface area contributed by atoms with Crippen LogP contribution in [0.15, 0.2) is 11.8 Å². The average molecular weight is 280 g/mol. The van der Waals surface area contributed by atoms with E-state index in [1.807, 2.05) is 19.9 Å². The van der Waals surface area contributed by atoms with E-state index in [4.69, 9.17) is 10.00 Å². The first kappa shape index (κ1) is 16.5. The summed E-state index contributed by atoms with van der Waals surface area (Å²) in [6, 6.07) is 1.92. The molecule has 0 atom stereocenters. The maximum Gasteiger partial charge on any atom is 0.263 e. The second-order valence-corrected chi connectivity index (χ2v) is 5.18. The molecule has 1 aliphatic heterocycles. The Labute approximate surface area is 120 Å². The van der Waals surface area contributed by atoms with Gasteiger partial charge in [-0.15, -0.1) is 0 Å². The van der Waals surface area contributed by atoms with Crippen LogP contribution in [-0.4, -0.2) is 56.7 Å². The topological polar surface area (TPSA) is 77.4 Å². The third-order valence-corrected chi connectivity index (χ3v) is 2.96. The van der Waals surface area contributed by atoms with Crippen molar-refractivity contribution in [1.29, 1.82) is 5.26 Å². The number of nitriles is 1. The molecule has 20 heavy (non-hydrogen) atoms. The highest BCUT2D eigenvalue weighted by atomic mass is 16.5. The lowest BCUT2D eigenvalue weighted by atomic mass is 10.2. The van der Waals surface area contributed by atoms with Gasteiger partial charge in [0.1, 0.15) is 11.6 Å². The Kier molecular flexibility index (Phi) is 7.70. The van der Waals surface area contributed by atoms with E-state index in [0.717, 1.165) is 32.8 Å². The Morgan fingerprint density at radius 1 is 1.45 bits per heavy atom. The van der Waals surface area contributed by atoms with E-state index in [1.54, 1.807) is 0 Å². The van der Waals surface area contributed by atoms with Crippen molar-refractivity contribution >= 4 is 5.91 Å². The Balaban J connectivity index is 2.26. The number of nitrogens with one attached hydrogen (secondary N) is 2. The van der Waals surface area contributed by atoms with E-state index in [2.05, 4.69) is 15.5 Å². The second-order valence-electron chi connectivity index (χ2n) is 5.18. The van der Waals surface area contributed by atoms with Crippen LogP contribution >= 0.6 is 0 Å². The molecule has 0 unspecified atom stereocenters. The lowest BCUT2D eigenvalue weighted by Gasteiger charge is -2.26. The zero-order valence-corrected chi connectivity index (χ0v) is 12.3. The van der Waals surface area contributed by atoms with E-state index >= 15 is 0 Å². The summed E-state index contributed by atoms with van der Waals surface area (Å²) in [5.74, 6) is 0.0493. The number of rotatable bonds is 7. The summed E-state index contributed by atoms with van der Waals surface area (Å²) in [4.78, 5) is 14.0. The van der Waals surface area contributed by atoms with Gasteiger partial charge in [0.05, 0.1) is 13.2 Å². The number of carbonyl (C=O) groups is 1. The molecule has 112 valence electrons. The van der Waals surface area contributed by atoms with Crippen molar-refractivity contribution < 1.29 is 9.53 Å². The summed E-state index contributed by atoms with van der Waals surface area (Å²) < 4.78 is 5.27. The SMILES string of the molecule is CC(C)CNC(=O)/C(C#N)=C\NCCN1CCOCC1. The molecule has 6 nitrogen and oxygen atoms in total. The molecular formula is C14H24N4O2. The van der Waals surface area contributed by atoms with Crippen LogP contribution in [0, 0.1) is 17.2 Å². The van der Waals surface area contributed by atoms with Crippen LogP contribution in [0.4, 0.5) is 0 Å². The largest absolute Gasteiger partial charge is 0.388 e. The van der Waals surface area contributed by atoms with Crippen molar-refractivity contribution in [2.24, 2.45) is 5.92 Å². The van der Waals surface area contributed by atoms with E-state index in [-0.39, 0.29) is 11.5 Å².